The lowest BCUT2D eigenvalue weighted by Crippen LogP contribution is -2.48. The number of nitrogens with zero attached hydrogens (tertiary/aromatic N) is 1. The van der Waals surface area contributed by atoms with Crippen molar-refractivity contribution in [3.8, 4) is 0 Å². The van der Waals surface area contributed by atoms with Crippen LogP contribution in [0.1, 0.15) is 40.5 Å². The Morgan fingerprint density at radius 2 is 1.84 bits per heavy atom. The number of hydrogen-bond donors (Lipinski definition) is 1. The van der Waals surface area contributed by atoms with Crippen LogP contribution in [0, 0.1) is 5.92 Å². The Kier molecular flexibility index (Phi) is 5.83. The highest BCUT2D eigenvalue weighted by molar-refractivity contribution is 7.92. The fourth-order valence-corrected chi connectivity index (χ4v) is 2.82. The SMILES string of the molecule is CCN1CCC(C(C)NCC(C)(C)S(C)(=O)=O)CC1. The zero-order valence-electron chi connectivity index (χ0n) is 13.1. The number of likely N-dealkylation sites (tertiary alicyclic amines) is 1. The van der Waals surface area contributed by atoms with Gasteiger partial charge < -0.3 is 10.2 Å². The van der Waals surface area contributed by atoms with Gasteiger partial charge in [0.05, 0.1) is 4.75 Å². The summed E-state index contributed by atoms with van der Waals surface area (Å²) in [7, 11) is -3.01. The number of hydrogen-bond acceptors (Lipinski definition) is 4. The van der Waals surface area contributed by atoms with Gasteiger partial charge in [0.15, 0.2) is 9.84 Å². The van der Waals surface area contributed by atoms with Crippen LogP contribution < -0.4 is 5.32 Å². The minimum absolute atomic E-state index is 0.389. The Bertz CT molecular complexity index is 371. The maximum absolute atomic E-state index is 11.7. The standard InChI is InChI=1S/C14H30N2O2S/c1-6-16-9-7-13(8-10-16)12(2)15-11-14(3,4)19(5,17)18/h12-13,15H,6-11H2,1-5H3. The van der Waals surface area contributed by atoms with Crippen LogP contribution in [0.3, 0.4) is 0 Å². The van der Waals surface area contributed by atoms with E-state index in [1.807, 2.05) is 0 Å². The van der Waals surface area contributed by atoms with Crippen molar-refractivity contribution in [2.75, 3.05) is 32.4 Å². The van der Waals surface area contributed by atoms with E-state index in [1.165, 1.54) is 32.2 Å². The molecule has 1 aliphatic heterocycles. The van der Waals surface area contributed by atoms with Gasteiger partial charge in [-0.3, -0.25) is 0 Å². The van der Waals surface area contributed by atoms with Crippen molar-refractivity contribution in [2.24, 2.45) is 5.92 Å². The van der Waals surface area contributed by atoms with Crippen molar-refractivity contribution in [1.29, 1.82) is 0 Å². The van der Waals surface area contributed by atoms with Crippen molar-refractivity contribution in [1.82, 2.24) is 10.2 Å². The summed E-state index contributed by atoms with van der Waals surface area (Å²) in [5.41, 5.74) is 0. The van der Waals surface area contributed by atoms with Crippen molar-refractivity contribution < 1.29 is 8.42 Å². The summed E-state index contributed by atoms with van der Waals surface area (Å²) < 4.78 is 22.7. The topological polar surface area (TPSA) is 49.4 Å². The van der Waals surface area contributed by atoms with Crippen LogP contribution in [0.5, 0.6) is 0 Å². The molecule has 1 unspecified atom stereocenters. The maximum atomic E-state index is 11.7. The summed E-state index contributed by atoms with van der Waals surface area (Å²) in [4.78, 5) is 2.48. The third kappa shape index (κ3) is 4.72. The monoisotopic (exact) mass is 290 g/mol. The van der Waals surface area contributed by atoms with Gasteiger partial charge in [0, 0.05) is 18.8 Å². The summed E-state index contributed by atoms with van der Waals surface area (Å²) in [5.74, 6) is 0.665. The molecule has 1 aliphatic rings. The first kappa shape index (κ1) is 16.9. The fraction of sp³-hybridized carbons (Fsp3) is 1.00. The van der Waals surface area contributed by atoms with Gasteiger partial charge in [-0.2, -0.15) is 0 Å². The lowest BCUT2D eigenvalue weighted by Gasteiger charge is -2.35. The Balaban J connectivity index is 2.42. The molecule has 5 heteroatoms. The zero-order valence-corrected chi connectivity index (χ0v) is 13.9. The first-order valence-electron chi connectivity index (χ1n) is 7.32. The van der Waals surface area contributed by atoms with E-state index in [4.69, 9.17) is 0 Å². The third-order valence-electron chi connectivity index (χ3n) is 4.64. The summed E-state index contributed by atoms with van der Waals surface area (Å²) in [6.45, 7) is 12.0. The van der Waals surface area contributed by atoms with Crippen molar-refractivity contribution in [3.63, 3.8) is 0 Å². The quantitative estimate of drug-likeness (QED) is 0.806. The van der Waals surface area contributed by atoms with E-state index in [0.29, 0.717) is 18.5 Å². The molecule has 114 valence electrons. The average molecular weight is 290 g/mol. The molecule has 0 aromatic heterocycles. The Morgan fingerprint density at radius 3 is 2.26 bits per heavy atom. The number of rotatable bonds is 6. The smallest absolute Gasteiger partial charge is 0.153 e. The van der Waals surface area contributed by atoms with E-state index in [0.717, 1.165) is 6.54 Å². The molecule has 0 radical (unpaired) electrons. The van der Waals surface area contributed by atoms with Gasteiger partial charge in [0.25, 0.3) is 0 Å². The van der Waals surface area contributed by atoms with E-state index in [1.54, 1.807) is 13.8 Å². The molecule has 1 atom stereocenters. The second kappa shape index (κ2) is 6.55. The van der Waals surface area contributed by atoms with Gasteiger partial charge in [-0.25, -0.2) is 8.42 Å². The molecule has 4 nitrogen and oxygen atoms in total. The number of piperidine rings is 1. The highest BCUT2D eigenvalue weighted by atomic mass is 32.2. The molecule has 1 saturated heterocycles. The van der Waals surface area contributed by atoms with Crippen LogP contribution in [-0.4, -0.2) is 56.5 Å². The predicted octanol–water partition coefficient (Wildman–Crippen LogP) is 1.52. The summed E-state index contributed by atoms with van der Waals surface area (Å²) in [6, 6.07) is 0.389. The predicted molar refractivity (Wildman–Crippen MR) is 81.2 cm³/mol. The third-order valence-corrected chi connectivity index (χ3v) is 6.79. The van der Waals surface area contributed by atoms with Gasteiger partial charge >= 0.3 is 0 Å². The highest BCUT2D eigenvalue weighted by Gasteiger charge is 2.31. The van der Waals surface area contributed by atoms with Gasteiger partial charge in [0.2, 0.25) is 0 Å². The molecule has 1 rings (SSSR count). The molecule has 1 heterocycles. The molecular weight excluding hydrogens is 260 g/mol. The van der Waals surface area contributed by atoms with E-state index in [9.17, 15) is 8.42 Å². The molecule has 1 N–H and O–H groups in total. The number of sulfone groups is 1. The first-order chi connectivity index (χ1) is 8.67. The van der Waals surface area contributed by atoms with Crippen LogP contribution in [0.2, 0.25) is 0 Å². The Labute approximate surface area is 118 Å². The molecule has 0 bridgehead atoms. The second-order valence-electron chi connectivity index (χ2n) is 6.47. The van der Waals surface area contributed by atoms with Crippen LogP contribution in [0.25, 0.3) is 0 Å². The second-order valence-corrected chi connectivity index (χ2v) is 9.12. The van der Waals surface area contributed by atoms with Crippen molar-refractivity contribution >= 4 is 9.84 Å². The fourth-order valence-electron chi connectivity index (χ4n) is 2.47. The van der Waals surface area contributed by atoms with Crippen LogP contribution in [-0.2, 0) is 9.84 Å². The molecule has 0 aromatic rings. The van der Waals surface area contributed by atoms with Crippen molar-refractivity contribution in [2.45, 2.75) is 51.3 Å². The summed E-state index contributed by atoms with van der Waals surface area (Å²) >= 11 is 0. The molecule has 19 heavy (non-hydrogen) atoms. The summed E-state index contributed by atoms with van der Waals surface area (Å²) in [5, 5.41) is 3.43. The molecule has 0 amide bonds. The van der Waals surface area contributed by atoms with Crippen LogP contribution in [0.15, 0.2) is 0 Å². The molecule has 0 spiro atoms. The van der Waals surface area contributed by atoms with E-state index >= 15 is 0 Å². The minimum atomic E-state index is -3.01. The lowest BCUT2D eigenvalue weighted by molar-refractivity contribution is 0.168. The Morgan fingerprint density at radius 1 is 1.32 bits per heavy atom. The molecule has 0 saturated carbocycles. The van der Waals surface area contributed by atoms with Crippen LogP contribution >= 0.6 is 0 Å². The van der Waals surface area contributed by atoms with Crippen LogP contribution in [0.4, 0.5) is 0 Å². The zero-order chi connectivity index (χ0) is 14.7. The first-order valence-corrected chi connectivity index (χ1v) is 9.22. The highest BCUT2D eigenvalue weighted by Crippen LogP contribution is 2.21. The Hall–Kier alpha value is -0.130. The van der Waals surface area contributed by atoms with Crippen molar-refractivity contribution in [3.05, 3.63) is 0 Å². The van der Waals surface area contributed by atoms with E-state index in [-0.39, 0.29) is 0 Å². The minimum Gasteiger partial charge on any atom is -0.312 e. The molecular formula is C14H30N2O2S. The normalized spacial score (nSPS) is 21.5. The molecule has 1 fully saturated rings. The van der Waals surface area contributed by atoms with Gasteiger partial charge in [-0.15, -0.1) is 0 Å². The number of nitrogens with one attached hydrogen (secondary N) is 1. The van der Waals surface area contributed by atoms with Gasteiger partial charge in [0.1, 0.15) is 0 Å². The van der Waals surface area contributed by atoms with Gasteiger partial charge in [-0.05, 0) is 59.2 Å². The molecule has 0 aliphatic carbocycles. The van der Waals surface area contributed by atoms with Gasteiger partial charge in [-0.1, -0.05) is 6.92 Å². The maximum Gasteiger partial charge on any atom is 0.153 e. The largest absolute Gasteiger partial charge is 0.312 e. The van der Waals surface area contributed by atoms with E-state index in [2.05, 4.69) is 24.1 Å². The average Bonchev–Trinajstić information content (AvgIpc) is 2.35. The molecule has 0 aromatic carbocycles. The summed E-state index contributed by atoms with van der Waals surface area (Å²) in [6.07, 6.45) is 3.74. The lowest BCUT2D eigenvalue weighted by atomic mass is 9.90. The van der Waals surface area contributed by atoms with E-state index < -0.39 is 14.6 Å².